The number of carbonyl (C=O) groups is 1. The van der Waals surface area contributed by atoms with Gasteiger partial charge in [0.15, 0.2) is 0 Å². The first-order chi connectivity index (χ1) is 9.57. The minimum Gasteiger partial charge on any atom is -0.469 e. The minimum atomic E-state index is -0.996. The number of hydrogen-bond donors (Lipinski definition) is 0. The average molecular weight is 291 g/mol. The van der Waals surface area contributed by atoms with E-state index in [1.807, 2.05) is 12.1 Å². The lowest BCUT2D eigenvalue weighted by molar-refractivity contribution is -0.141. The molecule has 1 aliphatic rings. The molecule has 0 spiro atoms. The molecule has 0 saturated heterocycles. The van der Waals surface area contributed by atoms with Crippen molar-refractivity contribution in [3.05, 3.63) is 35.4 Å². The second-order valence-corrected chi connectivity index (χ2v) is 6.75. The molecule has 5 heteroatoms. The maximum atomic E-state index is 12.2. The molecule has 1 aliphatic carbocycles. The summed E-state index contributed by atoms with van der Waals surface area (Å²) in [5.74, 6) is 0.786. The molecule has 106 valence electrons. The molecule has 1 aromatic rings. The smallest absolute Gasteiger partial charge is 0.306 e. The van der Waals surface area contributed by atoms with E-state index < -0.39 is 10.8 Å². The number of benzene rings is 1. The van der Waals surface area contributed by atoms with Crippen LogP contribution in [0.4, 0.5) is 0 Å². The number of rotatable bonds is 6. The van der Waals surface area contributed by atoms with E-state index in [-0.39, 0.29) is 11.4 Å². The monoisotopic (exact) mass is 291 g/mol. The number of methoxy groups -OCH3 is 1. The maximum absolute atomic E-state index is 12.2. The lowest BCUT2D eigenvalue weighted by Crippen LogP contribution is -2.18. The van der Waals surface area contributed by atoms with Crippen molar-refractivity contribution in [1.82, 2.24) is 0 Å². The predicted octanol–water partition coefficient (Wildman–Crippen LogP) is 2.15. The van der Waals surface area contributed by atoms with Crippen LogP contribution in [0.1, 0.15) is 30.4 Å². The van der Waals surface area contributed by atoms with Gasteiger partial charge in [0.1, 0.15) is 0 Å². The van der Waals surface area contributed by atoms with E-state index in [1.165, 1.54) is 7.11 Å². The van der Waals surface area contributed by atoms with E-state index in [0.29, 0.717) is 23.5 Å². The molecule has 20 heavy (non-hydrogen) atoms. The SMILES string of the molecule is COC(=O)CC1(CS(=O)Cc2ccc(C#N)cc2)CC1. The van der Waals surface area contributed by atoms with Crippen molar-refractivity contribution >= 4 is 16.8 Å². The summed E-state index contributed by atoms with van der Waals surface area (Å²) in [7, 11) is 0.385. The molecular formula is C15H17NO3S. The van der Waals surface area contributed by atoms with Crippen molar-refractivity contribution in [3.63, 3.8) is 0 Å². The fourth-order valence-corrected chi connectivity index (χ4v) is 3.92. The Morgan fingerprint density at radius 3 is 2.55 bits per heavy atom. The highest BCUT2D eigenvalue weighted by molar-refractivity contribution is 7.84. The van der Waals surface area contributed by atoms with E-state index in [0.717, 1.165) is 18.4 Å². The molecule has 0 aromatic heterocycles. The summed E-state index contributed by atoms with van der Waals surface area (Å²) in [6.07, 6.45) is 2.25. The fraction of sp³-hybridized carbons (Fsp3) is 0.467. The summed E-state index contributed by atoms with van der Waals surface area (Å²) < 4.78 is 16.9. The molecule has 0 amide bonds. The predicted molar refractivity (Wildman–Crippen MR) is 76.2 cm³/mol. The summed E-state index contributed by atoms with van der Waals surface area (Å²) in [6, 6.07) is 9.18. The number of nitrogens with zero attached hydrogens (tertiary/aromatic N) is 1. The first-order valence-electron chi connectivity index (χ1n) is 6.48. The topological polar surface area (TPSA) is 67.2 Å². The van der Waals surface area contributed by atoms with Crippen molar-refractivity contribution in [1.29, 1.82) is 5.26 Å². The fourth-order valence-electron chi connectivity index (χ4n) is 2.18. The van der Waals surface area contributed by atoms with Crippen molar-refractivity contribution in [2.24, 2.45) is 5.41 Å². The molecule has 0 radical (unpaired) electrons. The van der Waals surface area contributed by atoms with Gasteiger partial charge in [-0.2, -0.15) is 5.26 Å². The van der Waals surface area contributed by atoms with Crippen LogP contribution in [0.2, 0.25) is 0 Å². The quantitative estimate of drug-likeness (QED) is 0.753. The highest BCUT2D eigenvalue weighted by Crippen LogP contribution is 2.49. The lowest BCUT2D eigenvalue weighted by atomic mass is 10.1. The second-order valence-electron chi connectivity index (χ2n) is 5.29. The number of ether oxygens (including phenoxy) is 1. The third-order valence-electron chi connectivity index (χ3n) is 3.58. The molecule has 1 unspecified atom stereocenters. The van der Waals surface area contributed by atoms with Crippen LogP contribution >= 0.6 is 0 Å². The Labute approximate surface area is 121 Å². The number of hydrogen-bond acceptors (Lipinski definition) is 4. The Morgan fingerprint density at radius 2 is 2.05 bits per heavy atom. The van der Waals surface area contributed by atoms with Gasteiger partial charge in [0, 0.05) is 22.3 Å². The van der Waals surface area contributed by atoms with Crippen LogP contribution in [0.5, 0.6) is 0 Å². The van der Waals surface area contributed by atoms with E-state index in [2.05, 4.69) is 10.8 Å². The minimum absolute atomic E-state index is 0.107. The number of nitriles is 1. The van der Waals surface area contributed by atoms with Gasteiger partial charge in [-0.05, 0) is 36.0 Å². The van der Waals surface area contributed by atoms with Gasteiger partial charge in [-0.15, -0.1) is 0 Å². The Morgan fingerprint density at radius 1 is 1.40 bits per heavy atom. The van der Waals surface area contributed by atoms with Crippen LogP contribution in [-0.4, -0.2) is 23.0 Å². The third-order valence-corrected chi connectivity index (χ3v) is 5.17. The molecule has 0 N–H and O–H groups in total. The first kappa shape index (κ1) is 14.7. The summed E-state index contributed by atoms with van der Waals surface area (Å²) in [4.78, 5) is 11.3. The summed E-state index contributed by atoms with van der Waals surface area (Å²) in [5, 5.41) is 8.72. The van der Waals surface area contributed by atoms with Gasteiger partial charge in [-0.3, -0.25) is 9.00 Å². The van der Waals surface area contributed by atoms with Gasteiger partial charge < -0.3 is 4.74 Å². The normalized spacial score (nSPS) is 17.0. The van der Waals surface area contributed by atoms with Crippen LogP contribution in [0.3, 0.4) is 0 Å². The molecule has 0 aliphatic heterocycles. The molecule has 0 heterocycles. The number of esters is 1. The highest BCUT2D eigenvalue weighted by Gasteiger charge is 2.45. The molecule has 1 fully saturated rings. The largest absolute Gasteiger partial charge is 0.469 e. The molecule has 1 atom stereocenters. The summed E-state index contributed by atoms with van der Waals surface area (Å²) in [5.41, 5.74) is 1.45. The van der Waals surface area contributed by atoms with Gasteiger partial charge in [-0.25, -0.2) is 0 Å². The van der Waals surface area contributed by atoms with Crippen LogP contribution in [0.15, 0.2) is 24.3 Å². The molecule has 4 nitrogen and oxygen atoms in total. The second kappa shape index (κ2) is 6.19. The average Bonchev–Trinajstić information content (AvgIpc) is 3.18. The zero-order chi connectivity index (χ0) is 14.6. The standard InChI is InChI=1S/C15H17NO3S/c1-19-14(17)8-15(6-7-15)11-20(18)10-13-4-2-12(9-16)3-5-13/h2-5H,6-8,10-11H2,1H3. The molecule has 0 bridgehead atoms. The van der Waals surface area contributed by atoms with E-state index in [1.54, 1.807) is 12.1 Å². The van der Waals surface area contributed by atoms with Crippen LogP contribution in [0, 0.1) is 16.7 Å². The van der Waals surface area contributed by atoms with Crippen molar-refractivity contribution in [2.75, 3.05) is 12.9 Å². The third kappa shape index (κ3) is 3.91. The van der Waals surface area contributed by atoms with Gasteiger partial charge >= 0.3 is 5.97 Å². The summed E-state index contributed by atoms with van der Waals surface area (Å²) >= 11 is 0. The molecule has 1 saturated carbocycles. The zero-order valence-electron chi connectivity index (χ0n) is 11.4. The maximum Gasteiger partial charge on any atom is 0.306 e. The van der Waals surface area contributed by atoms with Crippen LogP contribution in [0.25, 0.3) is 0 Å². The Balaban J connectivity index is 1.89. The zero-order valence-corrected chi connectivity index (χ0v) is 12.2. The van der Waals surface area contributed by atoms with Crippen molar-refractivity contribution in [3.8, 4) is 6.07 Å². The van der Waals surface area contributed by atoms with Crippen LogP contribution in [-0.2, 0) is 26.1 Å². The van der Waals surface area contributed by atoms with E-state index in [9.17, 15) is 9.00 Å². The van der Waals surface area contributed by atoms with E-state index in [4.69, 9.17) is 5.26 Å². The number of carbonyl (C=O) groups excluding carboxylic acids is 1. The van der Waals surface area contributed by atoms with Crippen molar-refractivity contribution < 1.29 is 13.7 Å². The first-order valence-corrected chi connectivity index (χ1v) is 7.96. The van der Waals surface area contributed by atoms with Gasteiger partial charge in [0.2, 0.25) is 0 Å². The Kier molecular flexibility index (Phi) is 4.56. The van der Waals surface area contributed by atoms with E-state index >= 15 is 0 Å². The summed E-state index contributed by atoms with van der Waals surface area (Å²) in [6.45, 7) is 0. The van der Waals surface area contributed by atoms with Gasteiger partial charge in [-0.1, -0.05) is 12.1 Å². The molecular weight excluding hydrogens is 274 g/mol. The van der Waals surface area contributed by atoms with Gasteiger partial charge in [0.25, 0.3) is 0 Å². The van der Waals surface area contributed by atoms with Gasteiger partial charge in [0.05, 0.1) is 25.2 Å². The van der Waals surface area contributed by atoms with Crippen molar-refractivity contribution in [2.45, 2.75) is 25.0 Å². The Hall–Kier alpha value is -1.67. The highest BCUT2D eigenvalue weighted by atomic mass is 32.2. The van der Waals surface area contributed by atoms with Crippen LogP contribution < -0.4 is 0 Å². The molecule has 2 rings (SSSR count). The molecule has 1 aromatic carbocycles. The lowest BCUT2D eigenvalue weighted by Gasteiger charge is -2.13. The Bertz CT molecular complexity index is 555.